The molecule has 24 heavy (non-hydrogen) atoms. The van der Waals surface area contributed by atoms with Gasteiger partial charge in [0.05, 0.1) is 23.7 Å². The summed E-state index contributed by atoms with van der Waals surface area (Å²) in [4.78, 5) is 40.9. The van der Waals surface area contributed by atoms with Gasteiger partial charge in [0, 0.05) is 19.8 Å². The smallest absolute Gasteiger partial charge is 0.333 e. The molecular formula is C17H19NO6. The van der Waals surface area contributed by atoms with Crippen LogP contribution in [0.15, 0.2) is 24.3 Å². The average Bonchev–Trinajstić information content (AvgIpc) is 2.85. The molecule has 3 rings (SSSR count). The van der Waals surface area contributed by atoms with Gasteiger partial charge in [0.1, 0.15) is 0 Å². The highest BCUT2D eigenvalue weighted by atomic mass is 16.7. The zero-order chi connectivity index (χ0) is 16.9. The maximum Gasteiger partial charge on any atom is 0.333 e. The van der Waals surface area contributed by atoms with E-state index < -0.39 is 17.8 Å². The number of benzene rings is 1. The second-order valence-electron chi connectivity index (χ2n) is 5.70. The molecule has 2 heterocycles. The van der Waals surface area contributed by atoms with Crippen LogP contribution in [-0.4, -0.2) is 48.8 Å². The lowest BCUT2D eigenvalue weighted by molar-refractivity contribution is -0.169. The average molecular weight is 333 g/mol. The molecule has 7 heteroatoms. The van der Waals surface area contributed by atoms with E-state index in [4.69, 9.17) is 14.3 Å². The summed E-state index contributed by atoms with van der Waals surface area (Å²) in [5.74, 6) is -1.84. The van der Waals surface area contributed by atoms with Gasteiger partial charge in [0.25, 0.3) is 11.8 Å². The van der Waals surface area contributed by atoms with E-state index in [1.807, 2.05) is 0 Å². The van der Waals surface area contributed by atoms with Gasteiger partial charge in [-0.05, 0) is 31.4 Å². The van der Waals surface area contributed by atoms with Crippen molar-refractivity contribution in [3.05, 3.63) is 35.4 Å². The first-order chi connectivity index (χ1) is 11.7. The molecule has 1 saturated heterocycles. The molecule has 2 amide bonds. The van der Waals surface area contributed by atoms with E-state index in [0.717, 1.165) is 12.8 Å². The molecule has 0 aromatic heterocycles. The summed E-state index contributed by atoms with van der Waals surface area (Å²) in [6, 6.07) is 6.38. The van der Waals surface area contributed by atoms with Crippen LogP contribution in [-0.2, 0) is 19.1 Å². The highest BCUT2D eigenvalue weighted by molar-refractivity contribution is 6.20. The van der Waals surface area contributed by atoms with Gasteiger partial charge in [-0.15, -0.1) is 0 Å². The first-order valence-corrected chi connectivity index (χ1v) is 8.05. The van der Waals surface area contributed by atoms with E-state index in [2.05, 4.69) is 0 Å². The fourth-order valence-electron chi connectivity index (χ4n) is 2.71. The highest BCUT2D eigenvalue weighted by Gasteiger charge is 2.38. The van der Waals surface area contributed by atoms with Gasteiger partial charge in [0.2, 0.25) is 0 Å². The third-order valence-corrected chi connectivity index (χ3v) is 4.00. The highest BCUT2D eigenvalue weighted by Crippen LogP contribution is 2.23. The van der Waals surface area contributed by atoms with Crippen molar-refractivity contribution in [2.75, 3.05) is 19.8 Å². The van der Waals surface area contributed by atoms with Crippen molar-refractivity contribution >= 4 is 17.8 Å². The molecule has 2 aliphatic rings. The number of hydroxylamine groups is 2. The first kappa shape index (κ1) is 16.6. The van der Waals surface area contributed by atoms with E-state index in [1.54, 1.807) is 12.1 Å². The van der Waals surface area contributed by atoms with E-state index in [-0.39, 0.29) is 23.7 Å². The predicted octanol–water partition coefficient (Wildman–Crippen LogP) is 1.72. The van der Waals surface area contributed by atoms with Crippen molar-refractivity contribution < 1.29 is 28.7 Å². The Labute approximate surface area is 139 Å². The van der Waals surface area contributed by atoms with Crippen molar-refractivity contribution in [2.45, 2.75) is 31.8 Å². The Morgan fingerprint density at radius 1 is 1.12 bits per heavy atom. The third kappa shape index (κ3) is 3.63. The molecule has 0 N–H and O–H groups in total. The van der Waals surface area contributed by atoms with E-state index in [9.17, 15) is 14.4 Å². The van der Waals surface area contributed by atoms with Crippen LogP contribution in [0.4, 0.5) is 0 Å². The number of carbonyl (C=O) groups excluding carboxylic acids is 3. The summed E-state index contributed by atoms with van der Waals surface area (Å²) >= 11 is 0. The third-order valence-electron chi connectivity index (χ3n) is 4.00. The topological polar surface area (TPSA) is 82.1 Å². The molecule has 0 unspecified atom stereocenters. The number of imide groups is 1. The zero-order valence-electron chi connectivity index (χ0n) is 13.2. The molecule has 0 spiro atoms. The predicted molar refractivity (Wildman–Crippen MR) is 82.1 cm³/mol. The molecule has 0 radical (unpaired) electrons. The van der Waals surface area contributed by atoms with Gasteiger partial charge in [-0.1, -0.05) is 17.2 Å². The number of hydrogen-bond acceptors (Lipinski definition) is 6. The quantitative estimate of drug-likeness (QED) is 0.582. The Kier molecular flexibility index (Phi) is 5.22. The van der Waals surface area contributed by atoms with Gasteiger partial charge in [-0.25, -0.2) is 4.79 Å². The standard InChI is InChI=1S/C17H19NO6/c19-15(6-3-9-23-12-7-10-22-11-8-12)24-18-16(20)13-4-1-2-5-14(13)17(18)21/h1-2,4-5,12H,3,6-11H2. The number of hydrogen-bond donors (Lipinski definition) is 0. The Morgan fingerprint density at radius 3 is 2.38 bits per heavy atom. The number of ether oxygens (including phenoxy) is 2. The SMILES string of the molecule is O=C(CCCOC1CCOCC1)ON1C(=O)c2ccccc2C1=O. The van der Waals surface area contributed by atoms with Gasteiger partial charge in [0.15, 0.2) is 0 Å². The van der Waals surface area contributed by atoms with Crippen LogP contribution in [0, 0.1) is 0 Å². The van der Waals surface area contributed by atoms with Crippen molar-refractivity contribution in [2.24, 2.45) is 0 Å². The lowest BCUT2D eigenvalue weighted by Gasteiger charge is -2.22. The molecule has 128 valence electrons. The summed E-state index contributed by atoms with van der Waals surface area (Å²) < 4.78 is 10.9. The van der Waals surface area contributed by atoms with Crippen LogP contribution in [0.3, 0.4) is 0 Å². The minimum absolute atomic E-state index is 0.0800. The van der Waals surface area contributed by atoms with Crippen LogP contribution in [0.5, 0.6) is 0 Å². The molecule has 7 nitrogen and oxygen atoms in total. The van der Waals surface area contributed by atoms with E-state index in [1.165, 1.54) is 12.1 Å². The molecule has 1 fully saturated rings. The maximum atomic E-state index is 12.1. The summed E-state index contributed by atoms with van der Waals surface area (Å²) in [6.07, 6.45) is 2.45. The lowest BCUT2D eigenvalue weighted by Crippen LogP contribution is -2.32. The minimum Gasteiger partial charge on any atom is -0.381 e. The number of nitrogens with zero attached hydrogens (tertiary/aromatic N) is 1. The lowest BCUT2D eigenvalue weighted by atomic mass is 10.1. The summed E-state index contributed by atoms with van der Waals surface area (Å²) in [5, 5.41) is 0.534. The second kappa shape index (κ2) is 7.55. The van der Waals surface area contributed by atoms with Crippen LogP contribution >= 0.6 is 0 Å². The van der Waals surface area contributed by atoms with Crippen LogP contribution in [0.25, 0.3) is 0 Å². The molecule has 0 saturated carbocycles. The molecule has 0 aliphatic carbocycles. The Hall–Kier alpha value is -2.25. The number of amides is 2. The maximum absolute atomic E-state index is 12.1. The van der Waals surface area contributed by atoms with Crippen LogP contribution < -0.4 is 0 Å². The van der Waals surface area contributed by atoms with E-state index in [0.29, 0.717) is 31.3 Å². The van der Waals surface area contributed by atoms with Crippen molar-refractivity contribution in [1.82, 2.24) is 5.06 Å². The zero-order valence-corrected chi connectivity index (χ0v) is 13.2. The Bertz CT molecular complexity index is 603. The van der Waals surface area contributed by atoms with Crippen molar-refractivity contribution in [1.29, 1.82) is 0 Å². The normalized spacial score (nSPS) is 17.9. The molecular weight excluding hydrogens is 314 g/mol. The fraction of sp³-hybridized carbons (Fsp3) is 0.471. The monoisotopic (exact) mass is 333 g/mol. The van der Waals surface area contributed by atoms with Gasteiger partial charge in [-0.3, -0.25) is 9.59 Å². The first-order valence-electron chi connectivity index (χ1n) is 8.05. The summed E-state index contributed by atoms with van der Waals surface area (Å²) in [7, 11) is 0. The number of fused-ring (bicyclic) bond motifs is 1. The molecule has 0 atom stereocenters. The molecule has 1 aromatic carbocycles. The number of rotatable bonds is 6. The van der Waals surface area contributed by atoms with Gasteiger partial charge in [-0.2, -0.15) is 0 Å². The Balaban J connectivity index is 1.42. The number of carbonyl (C=O) groups is 3. The second-order valence-corrected chi connectivity index (χ2v) is 5.70. The van der Waals surface area contributed by atoms with Gasteiger partial charge < -0.3 is 14.3 Å². The molecule has 1 aromatic rings. The Morgan fingerprint density at radius 2 is 1.75 bits per heavy atom. The van der Waals surface area contributed by atoms with E-state index >= 15 is 0 Å². The fourth-order valence-corrected chi connectivity index (χ4v) is 2.71. The summed E-state index contributed by atoms with van der Waals surface area (Å²) in [6.45, 7) is 1.83. The van der Waals surface area contributed by atoms with Crippen LogP contribution in [0.1, 0.15) is 46.4 Å². The van der Waals surface area contributed by atoms with Crippen LogP contribution in [0.2, 0.25) is 0 Å². The minimum atomic E-state index is -0.625. The van der Waals surface area contributed by atoms with Crippen molar-refractivity contribution in [3.8, 4) is 0 Å². The van der Waals surface area contributed by atoms with Gasteiger partial charge >= 0.3 is 5.97 Å². The van der Waals surface area contributed by atoms with Crippen molar-refractivity contribution in [3.63, 3.8) is 0 Å². The largest absolute Gasteiger partial charge is 0.381 e. The molecule has 2 aliphatic heterocycles. The summed E-state index contributed by atoms with van der Waals surface area (Å²) in [5.41, 5.74) is 0.497. The molecule has 0 bridgehead atoms.